The van der Waals surface area contributed by atoms with Crippen molar-refractivity contribution < 1.29 is 62.2 Å². The van der Waals surface area contributed by atoms with Crippen molar-refractivity contribution in [2.75, 3.05) is 0 Å². The fourth-order valence-electron chi connectivity index (χ4n) is 4.13. The normalized spacial score (nSPS) is 14.2. The van der Waals surface area contributed by atoms with E-state index in [-0.39, 0.29) is 24.8 Å². The largest absolute Gasteiger partial charge is 1.00 e. The van der Waals surface area contributed by atoms with Gasteiger partial charge in [0.05, 0.1) is 0 Å². The fraction of sp³-hybridized carbons (Fsp3) is 0.226. The Bertz CT molecular complexity index is 1270. The third-order valence-corrected chi connectivity index (χ3v) is 7.80. The summed E-state index contributed by atoms with van der Waals surface area (Å²) in [7, 11) is -1.07. The molecule has 38 heavy (non-hydrogen) atoms. The van der Waals surface area contributed by atoms with Crippen LogP contribution < -0.4 is 24.8 Å². The molecule has 0 fully saturated rings. The molecule has 7 heteroatoms. The first kappa shape index (κ1) is 36.4. The molecule has 0 spiro atoms. The van der Waals surface area contributed by atoms with Gasteiger partial charge in [-0.15, -0.1) is 39.7 Å². The zero-order valence-electron chi connectivity index (χ0n) is 22.3. The first-order valence-corrected chi connectivity index (χ1v) is 17.0. The first-order valence-electron chi connectivity index (χ1n) is 11.7. The van der Waals surface area contributed by atoms with Crippen molar-refractivity contribution in [3.05, 3.63) is 113 Å². The van der Waals surface area contributed by atoms with Gasteiger partial charge in [0.1, 0.15) is 0 Å². The molecule has 1 aliphatic rings. The zero-order valence-corrected chi connectivity index (χ0v) is 27.2. The van der Waals surface area contributed by atoms with E-state index < -0.39 is 19.8 Å². The van der Waals surface area contributed by atoms with Gasteiger partial charge in [-0.1, -0.05) is 81.4 Å². The molecule has 0 nitrogen and oxygen atoms in total. The standard InChI is InChI=1S/C13H9.C10H17Si.C7H4F3.CH2.2ClH.Zr/c1-3-7-12-10(5-1)9-11-6-2-4-8-13(11)12;1-8-6-9(2)10(7-8)11(3,4)5;8-7(9,10)6-4-2-1-3-5-6;;;;/h1-9H;7-8H,1-5H3;2-5H;1H2;2*1H;/q3*-1;;;;+2/p-2. The van der Waals surface area contributed by atoms with Gasteiger partial charge in [-0.05, 0) is 8.07 Å². The van der Waals surface area contributed by atoms with Gasteiger partial charge in [0, 0.05) is 0 Å². The number of hydrogen-bond acceptors (Lipinski definition) is 0. The van der Waals surface area contributed by atoms with Gasteiger partial charge in [-0.2, -0.15) is 49.6 Å². The molecular formula is C31H32Cl2F3SiZr-3. The molecule has 0 aliphatic heterocycles. The summed E-state index contributed by atoms with van der Waals surface area (Å²) in [5.74, 6) is 0.553. The van der Waals surface area contributed by atoms with E-state index in [0.717, 1.165) is 12.1 Å². The number of alkyl halides is 3. The van der Waals surface area contributed by atoms with E-state index in [0.29, 0.717) is 5.92 Å². The van der Waals surface area contributed by atoms with E-state index in [1.165, 1.54) is 63.5 Å². The van der Waals surface area contributed by atoms with Gasteiger partial charge in [0.25, 0.3) is 0 Å². The summed E-state index contributed by atoms with van der Waals surface area (Å²) in [5, 5.41) is 6.99. The second kappa shape index (κ2) is 16.5. The van der Waals surface area contributed by atoms with E-state index >= 15 is 0 Å². The minimum absolute atomic E-state index is 0. The Morgan fingerprint density at radius 1 is 0.842 bits per heavy atom. The summed E-state index contributed by atoms with van der Waals surface area (Å²) >= 11 is 1.30. The molecule has 1 unspecified atom stereocenters. The predicted molar refractivity (Wildman–Crippen MR) is 147 cm³/mol. The smallest absolute Gasteiger partial charge is 0.0771 e. The Hall–Kier alpha value is -1.65. The minimum Gasteiger partial charge on any atom is -1.00 e. The van der Waals surface area contributed by atoms with Crippen LogP contribution in [0.25, 0.3) is 21.5 Å². The average molecular weight is 652 g/mol. The van der Waals surface area contributed by atoms with Crippen molar-refractivity contribution in [1.29, 1.82) is 0 Å². The molecule has 0 aromatic heterocycles. The van der Waals surface area contributed by atoms with Gasteiger partial charge in [0.15, 0.2) is 0 Å². The Balaban J connectivity index is 0.000000515. The quantitative estimate of drug-likeness (QED) is 0.219. The average Bonchev–Trinajstić information content (AvgIpc) is 3.40. The van der Waals surface area contributed by atoms with Crippen LogP contribution in [0.1, 0.15) is 19.4 Å². The summed E-state index contributed by atoms with van der Waals surface area (Å²) in [6.07, 6.45) is 1.58. The van der Waals surface area contributed by atoms with E-state index in [2.05, 4.69) is 111 Å². The van der Waals surface area contributed by atoms with E-state index in [4.69, 9.17) is 0 Å². The van der Waals surface area contributed by atoms with Crippen molar-refractivity contribution in [1.82, 2.24) is 0 Å². The van der Waals surface area contributed by atoms with Crippen LogP contribution in [0.2, 0.25) is 19.6 Å². The van der Waals surface area contributed by atoms with Crippen molar-refractivity contribution in [2.45, 2.75) is 39.7 Å². The molecule has 0 bridgehead atoms. The van der Waals surface area contributed by atoms with E-state index in [1.54, 1.807) is 5.20 Å². The number of hydrogen-bond donors (Lipinski definition) is 0. The summed E-state index contributed by atoms with van der Waals surface area (Å²) in [5.41, 5.74) is 0.767. The third-order valence-electron chi connectivity index (χ3n) is 5.64. The van der Waals surface area contributed by atoms with Crippen molar-refractivity contribution in [3.63, 3.8) is 0 Å². The molecule has 4 aromatic carbocycles. The Morgan fingerprint density at radius 2 is 1.29 bits per heavy atom. The van der Waals surface area contributed by atoms with Gasteiger partial charge in [0.2, 0.25) is 0 Å². The Labute approximate surface area is 253 Å². The summed E-state index contributed by atoms with van der Waals surface area (Å²) in [6.45, 7) is 11.6. The number of fused-ring (bicyclic) bond motifs is 3. The van der Waals surface area contributed by atoms with Gasteiger partial charge in [-0.25, -0.2) is 10.8 Å². The van der Waals surface area contributed by atoms with Crippen LogP contribution in [-0.2, 0) is 30.4 Å². The molecule has 1 aliphatic carbocycles. The topological polar surface area (TPSA) is 0 Å². The van der Waals surface area contributed by atoms with Crippen LogP contribution in [0, 0.1) is 18.1 Å². The summed E-state index contributed by atoms with van der Waals surface area (Å²) in [6, 6.07) is 26.2. The van der Waals surface area contributed by atoms with Crippen LogP contribution in [0.15, 0.2) is 95.7 Å². The molecule has 5 rings (SSSR count). The second-order valence-electron chi connectivity index (χ2n) is 9.49. The van der Waals surface area contributed by atoms with Crippen molar-refractivity contribution >= 4 is 33.8 Å². The summed E-state index contributed by atoms with van der Waals surface area (Å²) in [4.78, 5) is 0. The molecule has 0 saturated heterocycles. The molecule has 0 radical (unpaired) electrons. The van der Waals surface area contributed by atoms with Crippen LogP contribution in [0.3, 0.4) is 0 Å². The van der Waals surface area contributed by atoms with E-state index in [9.17, 15) is 13.2 Å². The number of benzene rings is 3. The molecule has 0 saturated carbocycles. The SMILES string of the molecule is CC1=[C-]C(C)C=C1[Si](C)(C)C.FC(F)(F)c1cc[c-]cc1.[CH2]=[Zr+2].[Cl-].[Cl-].c1ccc2c(c1)[cH-]c1ccccc12. The molecule has 0 N–H and O–H groups in total. The number of halogens is 5. The molecule has 4 aromatic rings. The molecule has 0 amide bonds. The summed E-state index contributed by atoms with van der Waals surface area (Å²) < 4.78 is 38.7. The monoisotopic (exact) mass is 649 g/mol. The van der Waals surface area contributed by atoms with Crippen LogP contribution in [0.4, 0.5) is 13.2 Å². The maximum Gasteiger partial charge on any atom is -0.0771 e. The first-order chi connectivity index (χ1) is 17.0. The van der Waals surface area contributed by atoms with Gasteiger partial charge in [-0.3, -0.25) is 6.08 Å². The van der Waals surface area contributed by atoms with E-state index in [1.807, 2.05) is 0 Å². The van der Waals surface area contributed by atoms with Crippen LogP contribution in [-0.4, -0.2) is 12.3 Å². The maximum atomic E-state index is 11.8. The molecular weight excluding hydrogens is 620 g/mol. The number of allylic oxidation sites excluding steroid dienone is 4. The van der Waals surface area contributed by atoms with Crippen molar-refractivity contribution in [3.8, 4) is 0 Å². The third kappa shape index (κ3) is 10.5. The predicted octanol–water partition coefficient (Wildman–Crippen LogP) is 3.38. The maximum absolute atomic E-state index is 11.8. The zero-order chi connectivity index (χ0) is 26.9. The molecule has 1 atom stereocenters. The van der Waals surface area contributed by atoms with Crippen LogP contribution in [0.5, 0.6) is 0 Å². The molecule has 0 heterocycles. The van der Waals surface area contributed by atoms with Crippen LogP contribution >= 0.6 is 0 Å². The Kier molecular flexibility index (Phi) is 15.7. The Morgan fingerprint density at radius 3 is 1.61 bits per heavy atom. The van der Waals surface area contributed by atoms with Gasteiger partial charge < -0.3 is 24.8 Å². The fourth-order valence-corrected chi connectivity index (χ4v) is 6.08. The number of rotatable bonds is 1. The molecule has 202 valence electrons. The van der Waals surface area contributed by atoms with Crippen molar-refractivity contribution in [2.24, 2.45) is 5.92 Å². The minimum atomic E-state index is -4.23. The second-order valence-corrected chi connectivity index (χ2v) is 14.5. The van der Waals surface area contributed by atoms with Gasteiger partial charge >= 0.3 is 34.6 Å².